The number of carbonyl (C=O) groups excluding carboxylic acids is 2. The minimum Gasteiger partial charge on any atom is -0.344 e. The van der Waals surface area contributed by atoms with Crippen LogP contribution in [0.15, 0.2) is 0 Å². The molecular weight excluding hydrogens is 306 g/mol. The first-order chi connectivity index (χ1) is 10.1. The second-order valence-corrected chi connectivity index (χ2v) is 7.93. The molecule has 8 heteroatoms. The minimum atomic E-state index is -3.89. The molecule has 0 bridgehead atoms. The van der Waals surface area contributed by atoms with E-state index < -0.39 is 22.2 Å². The lowest BCUT2D eigenvalue weighted by molar-refractivity contribution is -0.128. The third kappa shape index (κ3) is 5.24. The highest BCUT2D eigenvalue weighted by Crippen LogP contribution is 2.23. The zero-order chi connectivity index (χ0) is 16.9. The standard InChI is InChI=1S/C14H27N3O4S/c1-10(2)13(15-11(3)18)14(19)16-22(20,21)17(4)12-8-6-5-7-9-12/h10,12-13H,5-9H2,1-4H3,(H,15,18)(H,16,19)/t13-/m0/s1. The predicted octanol–water partition coefficient (Wildman–Crippen LogP) is 0.773. The molecule has 7 nitrogen and oxygen atoms in total. The second-order valence-electron chi connectivity index (χ2n) is 6.20. The van der Waals surface area contributed by atoms with E-state index in [-0.39, 0.29) is 17.9 Å². The van der Waals surface area contributed by atoms with Crippen LogP contribution in [0.3, 0.4) is 0 Å². The average Bonchev–Trinajstić information content (AvgIpc) is 2.43. The molecular formula is C14H27N3O4S. The van der Waals surface area contributed by atoms with Gasteiger partial charge in [-0.1, -0.05) is 33.1 Å². The number of carbonyl (C=O) groups is 2. The van der Waals surface area contributed by atoms with Gasteiger partial charge in [0.2, 0.25) is 5.91 Å². The molecule has 0 aromatic heterocycles. The van der Waals surface area contributed by atoms with Crippen LogP contribution in [-0.2, 0) is 19.8 Å². The highest BCUT2D eigenvalue weighted by Gasteiger charge is 2.32. The normalized spacial score (nSPS) is 18.3. The molecule has 1 aliphatic rings. The van der Waals surface area contributed by atoms with Crippen LogP contribution in [0.2, 0.25) is 0 Å². The van der Waals surface area contributed by atoms with Crippen molar-refractivity contribution in [3.8, 4) is 0 Å². The first-order valence-electron chi connectivity index (χ1n) is 7.72. The van der Waals surface area contributed by atoms with Crippen molar-refractivity contribution in [3.63, 3.8) is 0 Å². The first kappa shape index (κ1) is 18.9. The number of nitrogens with one attached hydrogen (secondary N) is 2. The van der Waals surface area contributed by atoms with Gasteiger partial charge < -0.3 is 5.32 Å². The van der Waals surface area contributed by atoms with Crippen molar-refractivity contribution in [2.75, 3.05) is 7.05 Å². The number of nitrogens with zero attached hydrogens (tertiary/aromatic N) is 1. The van der Waals surface area contributed by atoms with Crippen molar-refractivity contribution in [2.24, 2.45) is 5.92 Å². The van der Waals surface area contributed by atoms with Crippen molar-refractivity contribution in [3.05, 3.63) is 0 Å². The van der Waals surface area contributed by atoms with Gasteiger partial charge in [0.25, 0.3) is 5.91 Å². The number of hydrogen-bond acceptors (Lipinski definition) is 4. The van der Waals surface area contributed by atoms with Crippen LogP contribution in [0.25, 0.3) is 0 Å². The molecule has 1 atom stereocenters. The van der Waals surface area contributed by atoms with Crippen molar-refractivity contribution in [2.45, 2.75) is 65.0 Å². The van der Waals surface area contributed by atoms with E-state index in [0.717, 1.165) is 32.1 Å². The lowest BCUT2D eigenvalue weighted by Gasteiger charge is -2.31. The molecule has 0 aromatic carbocycles. The Morgan fingerprint density at radius 1 is 1.14 bits per heavy atom. The molecule has 0 saturated heterocycles. The van der Waals surface area contributed by atoms with E-state index in [1.165, 1.54) is 18.3 Å². The summed E-state index contributed by atoms with van der Waals surface area (Å²) in [6, 6.07) is -0.940. The zero-order valence-electron chi connectivity index (χ0n) is 13.8. The summed E-state index contributed by atoms with van der Waals surface area (Å²) in [7, 11) is -2.40. The second kappa shape index (κ2) is 7.92. The smallest absolute Gasteiger partial charge is 0.303 e. The van der Waals surface area contributed by atoms with Crippen LogP contribution >= 0.6 is 0 Å². The fourth-order valence-corrected chi connectivity index (χ4v) is 3.79. The van der Waals surface area contributed by atoms with Gasteiger partial charge in [-0.05, 0) is 18.8 Å². The molecule has 0 aromatic rings. The Bertz CT molecular complexity index is 498. The van der Waals surface area contributed by atoms with Crippen LogP contribution in [0, 0.1) is 5.92 Å². The van der Waals surface area contributed by atoms with E-state index in [0.29, 0.717) is 0 Å². The Morgan fingerprint density at radius 2 is 1.68 bits per heavy atom. The van der Waals surface area contributed by atoms with Gasteiger partial charge >= 0.3 is 10.2 Å². The molecule has 0 spiro atoms. The molecule has 2 amide bonds. The molecule has 1 rings (SSSR count). The predicted molar refractivity (Wildman–Crippen MR) is 84.1 cm³/mol. The third-order valence-electron chi connectivity index (χ3n) is 4.01. The van der Waals surface area contributed by atoms with Gasteiger partial charge in [0.1, 0.15) is 6.04 Å². The van der Waals surface area contributed by atoms with Crippen LogP contribution in [0.4, 0.5) is 0 Å². The first-order valence-corrected chi connectivity index (χ1v) is 9.16. The number of amides is 2. The topological polar surface area (TPSA) is 95.6 Å². The molecule has 1 fully saturated rings. The summed E-state index contributed by atoms with van der Waals surface area (Å²) in [6.45, 7) is 4.79. The lowest BCUT2D eigenvalue weighted by atomic mass is 9.96. The summed E-state index contributed by atoms with van der Waals surface area (Å²) in [6.07, 6.45) is 4.74. The Morgan fingerprint density at radius 3 is 2.14 bits per heavy atom. The molecule has 0 heterocycles. The van der Waals surface area contributed by atoms with Crippen molar-refractivity contribution in [1.82, 2.24) is 14.3 Å². The van der Waals surface area contributed by atoms with Gasteiger partial charge in [0.15, 0.2) is 0 Å². The zero-order valence-corrected chi connectivity index (χ0v) is 14.6. The molecule has 22 heavy (non-hydrogen) atoms. The minimum absolute atomic E-state index is 0.0719. The van der Waals surface area contributed by atoms with Gasteiger partial charge in [-0.15, -0.1) is 0 Å². The van der Waals surface area contributed by atoms with Crippen LogP contribution in [-0.4, -0.2) is 43.7 Å². The molecule has 0 radical (unpaired) electrons. The maximum absolute atomic E-state index is 12.3. The van der Waals surface area contributed by atoms with Crippen molar-refractivity contribution >= 4 is 22.0 Å². The largest absolute Gasteiger partial charge is 0.344 e. The molecule has 0 aliphatic heterocycles. The van der Waals surface area contributed by atoms with Gasteiger partial charge in [-0.25, -0.2) is 4.72 Å². The molecule has 2 N–H and O–H groups in total. The average molecular weight is 333 g/mol. The van der Waals surface area contributed by atoms with Gasteiger partial charge in [-0.3, -0.25) is 9.59 Å². The molecule has 1 saturated carbocycles. The van der Waals surface area contributed by atoms with Crippen LogP contribution in [0.1, 0.15) is 52.9 Å². The Kier molecular flexibility index (Phi) is 6.80. The van der Waals surface area contributed by atoms with Gasteiger partial charge in [0, 0.05) is 20.0 Å². The monoisotopic (exact) mass is 333 g/mol. The highest BCUT2D eigenvalue weighted by atomic mass is 32.2. The number of rotatable bonds is 6. The lowest BCUT2D eigenvalue weighted by Crippen LogP contribution is -2.54. The summed E-state index contributed by atoms with van der Waals surface area (Å²) in [4.78, 5) is 23.4. The van der Waals surface area contributed by atoms with E-state index >= 15 is 0 Å². The number of hydrogen-bond donors (Lipinski definition) is 2. The summed E-state index contributed by atoms with van der Waals surface area (Å²) in [5, 5.41) is 2.49. The van der Waals surface area contributed by atoms with E-state index in [2.05, 4.69) is 10.0 Å². The molecule has 128 valence electrons. The van der Waals surface area contributed by atoms with E-state index in [4.69, 9.17) is 0 Å². The van der Waals surface area contributed by atoms with Crippen molar-refractivity contribution < 1.29 is 18.0 Å². The van der Waals surface area contributed by atoms with Gasteiger partial charge in [0.05, 0.1) is 0 Å². The van der Waals surface area contributed by atoms with Crippen LogP contribution in [0.5, 0.6) is 0 Å². The molecule has 0 unspecified atom stereocenters. The van der Waals surface area contributed by atoms with E-state index in [1.807, 2.05) is 0 Å². The summed E-state index contributed by atoms with van der Waals surface area (Å²) in [5.74, 6) is -1.28. The molecule has 1 aliphatic carbocycles. The fourth-order valence-electron chi connectivity index (χ4n) is 2.66. The summed E-state index contributed by atoms with van der Waals surface area (Å²) >= 11 is 0. The highest BCUT2D eigenvalue weighted by molar-refractivity contribution is 7.87. The Hall–Kier alpha value is -1.15. The van der Waals surface area contributed by atoms with E-state index in [9.17, 15) is 18.0 Å². The van der Waals surface area contributed by atoms with Crippen LogP contribution < -0.4 is 10.0 Å². The summed E-state index contributed by atoms with van der Waals surface area (Å²) < 4.78 is 28.0. The maximum Gasteiger partial charge on any atom is 0.303 e. The van der Waals surface area contributed by atoms with Crippen molar-refractivity contribution in [1.29, 1.82) is 0 Å². The Balaban J connectivity index is 2.76. The third-order valence-corrected chi connectivity index (χ3v) is 5.52. The fraction of sp³-hybridized carbons (Fsp3) is 0.857. The van der Waals surface area contributed by atoms with Gasteiger partial charge in [-0.2, -0.15) is 12.7 Å². The maximum atomic E-state index is 12.3. The summed E-state index contributed by atoms with van der Waals surface area (Å²) in [5.41, 5.74) is 0. The van der Waals surface area contributed by atoms with E-state index in [1.54, 1.807) is 13.8 Å². The SMILES string of the molecule is CC(=O)N[C@H](C(=O)NS(=O)(=O)N(C)C1CCCCC1)C(C)C. The Labute approximate surface area is 133 Å². The quantitative estimate of drug-likeness (QED) is 0.750.